The van der Waals surface area contributed by atoms with Crippen molar-refractivity contribution >= 4 is 0 Å². The zero-order chi connectivity index (χ0) is 15.8. The predicted octanol–water partition coefficient (Wildman–Crippen LogP) is 3.01. The van der Waals surface area contributed by atoms with Crippen LogP contribution < -0.4 is 5.32 Å². The van der Waals surface area contributed by atoms with Crippen molar-refractivity contribution in [1.29, 1.82) is 0 Å². The number of halogens is 2. The Morgan fingerprint density at radius 2 is 1.83 bits per heavy atom. The van der Waals surface area contributed by atoms with Crippen molar-refractivity contribution < 1.29 is 13.3 Å². The van der Waals surface area contributed by atoms with Crippen LogP contribution in [0.1, 0.15) is 43.0 Å². The molecule has 0 saturated carbocycles. The number of benzene rings is 1. The van der Waals surface area contributed by atoms with Crippen molar-refractivity contribution in [2.45, 2.75) is 50.6 Å². The smallest absolute Gasteiger partial charge is 0.226 e. The van der Waals surface area contributed by atoms with E-state index in [0.717, 1.165) is 19.3 Å². The van der Waals surface area contributed by atoms with E-state index in [9.17, 15) is 8.78 Å². The molecule has 3 heterocycles. The van der Waals surface area contributed by atoms with Gasteiger partial charge in [0.15, 0.2) is 5.82 Å². The lowest BCUT2D eigenvalue weighted by molar-refractivity contribution is 0.270. The fourth-order valence-electron chi connectivity index (χ4n) is 3.89. The first kappa shape index (κ1) is 14.8. The lowest BCUT2D eigenvalue weighted by Gasteiger charge is -2.28. The summed E-state index contributed by atoms with van der Waals surface area (Å²) in [6, 6.07) is 5.07. The number of nitrogens with one attached hydrogen (secondary N) is 1. The summed E-state index contributed by atoms with van der Waals surface area (Å²) < 4.78 is 32.6. The van der Waals surface area contributed by atoms with Gasteiger partial charge in [0.05, 0.1) is 0 Å². The molecule has 2 aliphatic heterocycles. The summed E-state index contributed by atoms with van der Waals surface area (Å²) in [5.41, 5.74) is -0.0141. The average molecular weight is 319 g/mol. The fraction of sp³-hybridized carbons (Fsp3) is 0.529. The van der Waals surface area contributed by atoms with E-state index in [2.05, 4.69) is 15.5 Å². The van der Waals surface area contributed by atoms with Gasteiger partial charge in [-0.1, -0.05) is 11.2 Å². The van der Waals surface area contributed by atoms with Crippen LogP contribution in [0, 0.1) is 17.6 Å². The van der Waals surface area contributed by atoms with Gasteiger partial charge in [0.2, 0.25) is 5.89 Å². The molecule has 0 radical (unpaired) electrons. The van der Waals surface area contributed by atoms with Gasteiger partial charge >= 0.3 is 0 Å². The summed E-state index contributed by atoms with van der Waals surface area (Å²) >= 11 is 0. The molecule has 2 aromatic rings. The molecule has 1 aromatic carbocycles. The molecule has 2 atom stereocenters. The third-order valence-corrected chi connectivity index (χ3v) is 4.94. The molecule has 1 N–H and O–H groups in total. The van der Waals surface area contributed by atoms with Gasteiger partial charge < -0.3 is 9.84 Å². The SMILES string of the molecule is Fc1cccc(F)c1Cc1noc(CC2CC3CCC(C2)N3)n1. The van der Waals surface area contributed by atoms with Gasteiger partial charge in [-0.2, -0.15) is 4.98 Å². The third kappa shape index (κ3) is 3.13. The highest BCUT2D eigenvalue weighted by atomic mass is 19.1. The molecule has 0 amide bonds. The molecule has 0 spiro atoms. The largest absolute Gasteiger partial charge is 0.339 e. The topological polar surface area (TPSA) is 51.0 Å². The average Bonchev–Trinajstić information content (AvgIpc) is 3.10. The van der Waals surface area contributed by atoms with Crippen LogP contribution >= 0.6 is 0 Å². The summed E-state index contributed by atoms with van der Waals surface area (Å²) in [7, 11) is 0. The molecule has 4 rings (SSSR count). The minimum atomic E-state index is -0.578. The summed E-state index contributed by atoms with van der Waals surface area (Å²) in [6.45, 7) is 0. The van der Waals surface area contributed by atoms with Crippen LogP contribution in [0.3, 0.4) is 0 Å². The lowest BCUT2D eigenvalue weighted by Crippen LogP contribution is -2.38. The second-order valence-electron chi connectivity index (χ2n) is 6.66. The van der Waals surface area contributed by atoms with Gasteiger partial charge in [-0.05, 0) is 43.7 Å². The van der Waals surface area contributed by atoms with Crippen molar-refractivity contribution in [2.24, 2.45) is 5.92 Å². The summed E-state index contributed by atoms with van der Waals surface area (Å²) in [6.07, 6.45) is 5.54. The molecule has 2 saturated heterocycles. The molecule has 2 aliphatic rings. The number of piperidine rings is 1. The minimum Gasteiger partial charge on any atom is -0.339 e. The molecule has 2 unspecified atom stereocenters. The van der Waals surface area contributed by atoms with Crippen LogP contribution in [0.2, 0.25) is 0 Å². The van der Waals surface area contributed by atoms with Gasteiger partial charge in [0, 0.05) is 30.5 Å². The molecule has 0 aliphatic carbocycles. The molecule has 1 aromatic heterocycles. The first-order chi connectivity index (χ1) is 11.2. The number of fused-ring (bicyclic) bond motifs is 2. The van der Waals surface area contributed by atoms with Gasteiger partial charge in [-0.3, -0.25) is 0 Å². The van der Waals surface area contributed by atoms with Crippen molar-refractivity contribution in [1.82, 2.24) is 15.5 Å². The van der Waals surface area contributed by atoms with Gasteiger partial charge in [-0.25, -0.2) is 8.78 Å². The van der Waals surface area contributed by atoms with E-state index in [0.29, 0.717) is 29.7 Å². The Kier molecular flexibility index (Phi) is 3.85. The number of nitrogens with zero attached hydrogens (tertiary/aromatic N) is 2. The summed E-state index contributed by atoms with van der Waals surface area (Å²) in [5.74, 6) is 0.300. The highest BCUT2D eigenvalue weighted by molar-refractivity contribution is 5.22. The van der Waals surface area contributed by atoms with Gasteiger partial charge in [-0.15, -0.1) is 0 Å². The Labute approximate surface area is 133 Å². The number of rotatable bonds is 4. The molecule has 122 valence electrons. The third-order valence-electron chi connectivity index (χ3n) is 4.94. The second-order valence-corrected chi connectivity index (χ2v) is 6.66. The molecule has 23 heavy (non-hydrogen) atoms. The van der Waals surface area contributed by atoms with E-state index in [1.54, 1.807) is 0 Å². The maximum atomic E-state index is 13.7. The first-order valence-electron chi connectivity index (χ1n) is 8.18. The standard InChI is InChI=1S/C17H19F2N3O/c18-14-2-1-3-15(19)13(14)9-16-21-17(23-22-16)8-10-6-11-4-5-12(7-10)20-11/h1-3,10-12,20H,4-9H2. The molecule has 2 fully saturated rings. The van der Waals surface area contributed by atoms with Crippen LogP contribution in [0.25, 0.3) is 0 Å². The maximum Gasteiger partial charge on any atom is 0.226 e. The highest BCUT2D eigenvalue weighted by Gasteiger charge is 2.34. The molecular formula is C17H19F2N3O. The van der Waals surface area contributed by atoms with E-state index in [4.69, 9.17) is 4.52 Å². The number of aromatic nitrogens is 2. The lowest BCUT2D eigenvalue weighted by atomic mass is 9.90. The van der Waals surface area contributed by atoms with Crippen LogP contribution in [0.15, 0.2) is 22.7 Å². The van der Waals surface area contributed by atoms with Crippen molar-refractivity contribution in [2.75, 3.05) is 0 Å². The van der Waals surface area contributed by atoms with E-state index in [1.807, 2.05) is 0 Å². The Balaban J connectivity index is 1.43. The van der Waals surface area contributed by atoms with Crippen molar-refractivity contribution in [3.8, 4) is 0 Å². The Bertz CT molecular complexity index is 671. The zero-order valence-electron chi connectivity index (χ0n) is 12.8. The molecule has 2 bridgehead atoms. The Morgan fingerprint density at radius 1 is 1.13 bits per heavy atom. The normalized spacial score (nSPS) is 26.6. The number of hydrogen-bond donors (Lipinski definition) is 1. The highest BCUT2D eigenvalue weighted by Crippen LogP contribution is 2.32. The number of hydrogen-bond acceptors (Lipinski definition) is 4. The second kappa shape index (κ2) is 6.00. The maximum absolute atomic E-state index is 13.7. The summed E-state index contributed by atoms with van der Waals surface area (Å²) in [5, 5.41) is 7.48. The van der Waals surface area contributed by atoms with Crippen molar-refractivity contribution in [3.63, 3.8) is 0 Å². The first-order valence-corrected chi connectivity index (χ1v) is 8.18. The fourth-order valence-corrected chi connectivity index (χ4v) is 3.89. The van der Waals surface area contributed by atoms with E-state index in [-0.39, 0.29) is 12.0 Å². The predicted molar refractivity (Wildman–Crippen MR) is 79.8 cm³/mol. The van der Waals surface area contributed by atoms with E-state index >= 15 is 0 Å². The Hall–Kier alpha value is -1.82. The zero-order valence-corrected chi connectivity index (χ0v) is 12.8. The van der Waals surface area contributed by atoms with Crippen LogP contribution in [-0.4, -0.2) is 22.2 Å². The van der Waals surface area contributed by atoms with Gasteiger partial charge in [0.25, 0.3) is 0 Å². The minimum absolute atomic E-state index is 0.0134. The van der Waals surface area contributed by atoms with Crippen LogP contribution in [-0.2, 0) is 12.8 Å². The van der Waals surface area contributed by atoms with Crippen LogP contribution in [0.4, 0.5) is 8.78 Å². The Morgan fingerprint density at radius 3 is 2.52 bits per heavy atom. The molecule has 6 heteroatoms. The molecule has 4 nitrogen and oxygen atoms in total. The monoisotopic (exact) mass is 319 g/mol. The van der Waals surface area contributed by atoms with Crippen LogP contribution in [0.5, 0.6) is 0 Å². The molecular weight excluding hydrogens is 300 g/mol. The quantitative estimate of drug-likeness (QED) is 0.941. The van der Waals surface area contributed by atoms with Gasteiger partial charge in [0.1, 0.15) is 11.6 Å². The summed E-state index contributed by atoms with van der Waals surface area (Å²) in [4.78, 5) is 4.32. The van der Waals surface area contributed by atoms with E-state index < -0.39 is 11.6 Å². The van der Waals surface area contributed by atoms with E-state index in [1.165, 1.54) is 31.0 Å². The van der Waals surface area contributed by atoms with Crippen molar-refractivity contribution in [3.05, 3.63) is 47.1 Å².